The van der Waals surface area contributed by atoms with E-state index in [-0.39, 0.29) is 5.91 Å². The number of carbonyl (C=O) groups excluding carboxylic acids is 1. The van der Waals surface area contributed by atoms with Gasteiger partial charge in [-0.25, -0.2) is 4.98 Å². The van der Waals surface area contributed by atoms with Crippen LogP contribution in [-0.4, -0.2) is 10.9 Å². The summed E-state index contributed by atoms with van der Waals surface area (Å²) >= 11 is 13.5. The van der Waals surface area contributed by atoms with Crippen LogP contribution in [0.25, 0.3) is 10.2 Å². The molecule has 0 saturated heterocycles. The van der Waals surface area contributed by atoms with Gasteiger partial charge in [0, 0.05) is 10.7 Å². The summed E-state index contributed by atoms with van der Waals surface area (Å²) in [6.07, 6.45) is 0. The van der Waals surface area contributed by atoms with Crippen molar-refractivity contribution < 1.29 is 4.79 Å². The van der Waals surface area contributed by atoms with Crippen LogP contribution in [0.3, 0.4) is 0 Å². The second kappa shape index (κ2) is 5.64. The smallest absolute Gasteiger partial charge is 0.257 e. The van der Waals surface area contributed by atoms with Crippen molar-refractivity contribution in [1.29, 1.82) is 0 Å². The van der Waals surface area contributed by atoms with Crippen LogP contribution in [0, 0.1) is 6.92 Å². The highest BCUT2D eigenvalue weighted by molar-refractivity contribution is 7.18. The van der Waals surface area contributed by atoms with E-state index >= 15 is 0 Å². The molecule has 6 heteroatoms. The maximum absolute atomic E-state index is 12.2. The largest absolute Gasteiger partial charge is 0.322 e. The predicted molar refractivity (Wildman–Crippen MR) is 88.8 cm³/mol. The van der Waals surface area contributed by atoms with Gasteiger partial charge >= 0.3 is 0 Å². The maximum Gasteiger partial charge on any atom is 0.257 e. The quantitative estimate of drug-likeness (QED) is 0.701. The van der Waals surface area contributed by atoms with Crippen molar-refractivity contribution in [3.63, 3.8) is 0 Å². The predicted octanol–water partition coefficient (Wildman–Crippen LogP) is 5.16. The highest BCUT2D eigenvalue weighted by Gasteiger charge is 2.11. The summed E-state index contributed by atoms with van der Waals surface area (Å²) in [5.74, 6) is -0.266. The lowest BCUT2D eigenvalue weighted by Crippen LogP contribution is -2.12. The first-order valence-corrected chi connectivity index (χ1v) is 7.74. The summed E-state index contributed by atoms with van der Waals surface area (Å²) < 4.78 is 1.03. The molecule has 0 spiro atoms. The molecule has 106 valence electrons. The Bertz CT molecular complexity index is 845. The highest BCUT2D eigenvalue weighted by atomic mass is 35.5. The molecular formula is C15H10Cl2N2OS. The average molecular weight is 337 g/mol. The van der Waals surface area contributed by atoms with Crippen molar-refractivity contribution in [1.82, 2.24) is 4.98 Å². The van der Waals surface area contributed by atoms with E-state index < -0.39 is 0 Å². The minimum atomic E-state index is -0.266. The number of nitrogens with one attached hydrogen (secondary N) is 1. The fourth-order valence-corrected chi connectivity index (χ4v) is 3.35. The lowest BCUT2D eigenvalue weighted by Gasteiger charge is -2.07. The third kappa shape index (κ3) is 3.02. The first kappa shape index (κ1) is 14.3. The Hall–Kier alpha value is -1.62. The first-order valence-electron chi connectivity index (χ1n) is 6.16. The Balaban J connectivity index is 1.88. The number of hydrogen-bond donors (Lipinski definition) is 1. The molecule has 0 unspecified atom stereocenters. The molecule has 1 heterocycles. The van der Waals surface area contributed by atoms with Crippen LogP contribution < -0.4 is 5.32 Å². The lowest BCUT2D eigenvalue weighted by atomic mass is 10.2. The molecule has 1 N–H and O–H groups in total. The van der Waals surface area contributed by atoms with Crippen LogP contribution in [0.2, 0.25) is 10.0 Å². The van der Waals surface area contributed by atoms with Gasteiger partial charge < -0.3 is 5.32 Å². The standard InChI is InChI=1S/C15H10Cl2N2OS/c1-8-18-13-5-3-10(7-14(13)21-8)19-15(20)11-4-2-9(16)6-12(11)17/h2-7H,1H3,(H,19,20). The van der Waals surface area contributed by atoms with Gasteiger partial charge in [-0.2, -0.15) is 0 Å². The molecule has 0 radical (unpaired) electrons. The van der Waals surface area contributed by atoms with Crippen LogP contribution in [0.15, 0.2) is 36.4 Å². The van der Waals surface area contributed by atoms with E-state index in [0.717, 1.165) is 15.2 Å². The molecule has 3 rings (SSSR count). The van der Waals surface area contributed by atoms with Crippen molar-refractivity contribution in [2.75, 3.05) is 5.32 Å². The molecule has 0 atom stereocenters. The van der Waals surface area contributed by atoms with E-state index in [1.54, 1.807) is 29.5 Å². The SMILES string of the molecule is Cc1nc2ccc(NC(=O)c3ccc(Cl)cc3Cl)cc2s1. The minimum Gasteiger partial charge on any atom is -0.322 e. The summed E-state index contributed by atoms with van der Waals surface area (Å²) in [4.78, 5) is 16.6. The molecule has 1 aromatic heterocycles. The van der Waals surface area contributed by atoms with Gasteiger partial charge in [0.1, 0.15) is 0 Å². The summed E-state index contributed by atoms with van der Waals surface area (Å²) in [6, 6.07) is 10.4. The van der Waals surface area contributed by atoms with E-state index in [4.69, 9.17) is 23.2 Å². The number of rotatable bonds is 2. The van der Waals surface area contributed by atoms with Gasteiger partial charge in [-0.15, -0.1) is 11.3 Å². The monoisotopic (exact) mass is 336 g/mol. The second-order valence-corrected chi connectivity index (χ2v) is 6.57. The van der Waals surface area contributed by atoms with E-state index in [2.05, 4.69) is 10.3 Å². The summed E-state index contributed by atoms with van der Waals surface area (Å²) in [6.45, 7) is 1.95. The number of anilines is 1. The van der Waals surface area contributed by atoms with Gasteiger partial charge in [-0.1, -0.05) is 23.2 Å². The van der Waals surface area contributed by atoms with Crippen molar-refractivity contribution in [2.45, 2.75) is 6.92 Å². The molecule has 0 aliphatic rings. The van der Waals surface area contributed by atoms with Gasteiger partial charge in [-0.05, 0) is 43.3 Å². The lowest BCUT2D eigenvalue weighted by molar-refractivity contribution is 0.102. The number of thiazole rings is 1. The topological polar surface area (TPSA) is 42.0 Å². The van der Waals surface area contributed by atoms with Crippen LogP contribution in [0.4, 0.5) is 5.69 Å². The molecular weight excluding hydrogens is 327 g/mol. The van der Waals surface area contributed by atoms with Crippen LogP contribution >= 0.6 is 34.5 Å². The summed E-state index contributed by atoms with van der Waals surface area (Å²) in [5, 5.41) is 4.65. The number of carbonyl (C=O) groups is 1. The van der Waals surface area contributed by atoms with Gasteiger partial charge in [-0.3, -0.25) is 4.79 Å². The maximum atomic E-state index is 12.2. The number of fused-ring (bicyclic) bond motifs is 1. The number of benzene rings is 2. The minimum absolute atomic E-state index is 0.266. The third-order valence-corrected chi connectivity index (χ3v) is 4.41. The van der Waals surface area contributed by atoms with Gasteiger partial charge in [0.25, 0.3) is 5.91 Å². The second-order valence-electron chi connectivity index (χ2n) is 4.49. The van der Waals surface area contributed by atoms with Crippen LogP contribution in [0.5, 0.6) is 0 Å². The van der Waals surface area contributed by atoms with Crippen molar-refractivity contribution in [3.05, 3.63) is 57.0 Å². The third-order valence-electron chi connectivity index (χ3n) is 2.93. The highest BCUT2D eigenvalue weighted by Crippen LogP contribution is 2.26. The number of amides is 1. The Morgan fingerprint density at radius 2 is 2.00 bits per heavy atom. The Morgan fingerprint density at radius 1 is 1.19 bits per heavy atom. The van der Waals surface area contributed by atoms with E-state index in [0.29, 0.717) is 21.3 Å². The van der Waals surface area contributed by atoms with Crippen molar-refractivity contribution >= 4 is 56.3 Å². The molecule has 0 aliphatic heterocycles. The number of hydrogen-bond acceptors (Lipinski definition) is 3. The average Bonchev–Trinajstić information content (AvgIpc) is 2.77. The Kier molecular flexibility index (Phi) is 3.85. The molecule has 0 aliphatic carbocycles. The van der Waals surface area contributed by atoms with E-state index in [1.165, 1.54) is 0 Å². The molecule has 3 aromatic rings. The van der Waals surface area contributed by atoms with Gasteiger partial charge in [0.05, 0.1) is 25.8 Å². The number of aryl methyl sites for hydroxylation is 1. The van der Waals surface area contributed by atoms with Crippen molar-refractivity contribution in [2.24, 2.45) is 0 Å². The first-order chi connectivity index (χ1) is 10.0. The number of nitrogens with zero attached hydrogens (tertiary/aromatic N) is 1. The Labute approximate surface area is 135 Å². The molecule has 1 amide bonds. The van der Waals surface area contributed by atoms with Crippen molar-refractivity contribution in [3.8, 4) is 0 Å². The molecule has 0 saturated carbocycles. The van der Waals surface area contributed by atoms with E-state index in [9.17, 15) is 4.79 Å². The zero-order valence-corrected chi connectivity index (χ0v) is 13.3. The number of aromatic nitrogens is 1. The molecule has 0 bridgehead atoms. The van der Waals surface area contributed by atoms with Gasteiger partial charge in [0.15, 0.2) is 0 Å². The van der Waals surface area contributed by atoms with Crippen LogP contribution in [-0.2, 0) is 0 Å². The fraction of sp³-hybridized carbons (Fsp3) is 0.0667. The zero-order valence-electron chi connectivity index (χ0n) is 11.0. The fourth-order valence-electron chi connectivity index (χ4n) is 1.99. The zero-order chi connectivity index (χ0) is 15.0. The summed E-state index contributed by atoms with van der Waals surface area (Å²) in [5.41, 5.74) is 2.03. The molecule has 2 aromatic carbocycles. The number of halogens is 2. The normalized spacial score (nSPS) is 10.8. The molecule has 21 heavy (non-hydrogen) atoms. The summed E-state index contributed by atoms with van der Waals surface area (Å²) in [7, 11) is 0. The molecule has 0 fully saturated rings. The Morgan fingerprint density at radius 3 is 2.76 bits per heavy atom. The van der Waals surface area contributed by atoms with Crippen LogP contribution in [0.1, 0.15) is 15.4 Å². The van der Waals surface area contributed by atoms with Gasteiger partial charge in [0.2, 0.25) is 0 Å². The van der Waals surface area contributed by atoms with E-state index in [1.807, 2.05) is 25.1 Å². The molecule has 3 nitrogen and oxygen atoms in total.